The lowest BCUT2D eigenvalue weighted by Gasteiger charge is -2.12. The fourth-order valence-corrected chi connectivity index (χ4v) is 1.17. The number of carbonyl (C=O) groups is 1. The molecule has 14 heavy (non-hydrogen) atoms. The molecule has 0 aliphatic carbocycles. The molecule has 0 aromatic heterocycles. The van der Waals surface area contributed by atoms with E-state index < -0.39 is 0 Å². The van der Waals surface area contributed by atoms with Gasteiger partial charge in [-0.05, 0) is 12.5 Å². The number of nitrogens with zero attached hydrogens (tertiary/aromatic N) is 1. The Morgan fingerprint density at radius 1 is 1.43 bits per heavy atom. The van der Waals surface area contributed by atoms with Crippen LogP contribution in [-0.2, 0) is 4.79 Å². The van der Waals surface area contributed by atoms with E-state index in [-0.39, 0.29) is 12.5 Å². The fourth-order valence-electron chi connectivity index (χ4n) is 1.17. The molecule has 0 spiro atoms. The van der Waals surface area contributed by atoms with Gasteiger partial charge in [0.25, 0.3) is 0 Å². The van der Waals surface area contributed by atoms with Gasteiger partial charge >= 0.3 is 0 Å². The summed E-state index contributed by atoms with van der Waals surface area (Å²) in [5.74, 6) is 0.524. The van der Waals surface area contributed by atoms with E-state index >= 15 is 0 Å². The van der Waals surface area contributed by atoms with Crippen LogP contribution in [0.15, 0.2) is 0 Å². The minimum absolute atomic E-state index is 0.0888. The highest BCUT2D eigenvalue weighted by atomic mass is 16.1. The first-order valence-electron chi connectivity index (χ1n) is 5.08. The molecule has 0 aromatic carbocycles. The summed E-state index contributed by atoms with van der Waals surface area (Å²) in [6, 6.07) is 1.86. The zero-order valence-electron chi connectivity index (χ0n) is 8.97. The molecule has 0 aliphatic rings. The molecule has 0 aliphatic heterocycles. The zero-order valence-corrected chi connectivity index (χ0v) is 8.97. The van der Waals surface area contributed by atoms with Gasteiger partial charge in [0.05, 0.1) is 12.6 Å². The summed E-state index contributed by atoms with van der Waals surface area (Å²) in [4.78, 5) is 11.0. The smallest absolute Gasteiger partial charge is 0.234 e. The van der Waals surface area contributed by atoms with Crippen molar-refractivity contribution in [3.05, 3.63) is 0 Å². The fraction of sp³-hybridized carbons (Fsp3) is 0.800. The van der Waals surface area contributed by atoms with Crippen LogP contribution in [0.5, 0.6) is 0 Å². The molecular formula is C10H19N3O. The van der Waals surface area contributed by atoms with Gasteiger partial charge in [-0.1, -0.05) is 26.7 Å². The summed E-state index contributed by atoms with van der Waals surface area (Å²) in [5.41, 5.74) is 0. The van der Waals surface area contributed by atoms with Crippen LogP contribution in [0.2, 0.25) is 0 Å². The van der Waals surface area contributed by atoms with Gasteiger partial charge in [-0.15, -0.1) is 0 Å². The second-order valence-corrected chi connectivity index (χ2v) is 3.25. The van der Waals surface area contributed by atoms with E-state index in [4.69, 9.17) is 5.26 Å². The number of carbonyl (C=O) groups excluding carboxylic acids is 1. The van der Waals surface area contributed by atoms with Crippen LogP contribution in [0.3, 0.4) is 0 Å². The standard InChI is InChI=1S/C10H19N3O/c1-3-9(4-2)7-12-8-10(14)13-6-5-11/h9,12H,3-4,6-8H2,1-2H3,(H,13,14). The van der Waals surface area contributed by atoms with Crippen LogP contribution >= 0.6 is 0 Å². The molecule has 0 rings (SSSR count). The molecule has 0 saturated carbocycles. The van der Waals surface area contributed by atoms with Crippen molar-refractivity contribution in [2.45, 2.75) is 26.7 Å². The topological polar surface area (TPSA) is 64.9 Å². The number of amides is 1. The molecule has 0 saturated heterocycles. The number of nitriles is 1. The Morgan fingerprint density at radius 3 is 2.57 bits per heavy atom. The van der Waals surface area contributed by atoms with Gasteiger partial charge in [0.15, 0.2) is 0 Å². The molecule has 0 heterocycles. The van der Waals surface area contributed by atoms with E-state index in [9.17, 15) is 4.79 Å². The van der Waals surface area contributed by atoms with Crippen molar-refractivity contribution in [1.82, 2.24) is 10.6 Å². The lowest BCUT2D eigenvalue weighted by atomic mass is 10.0. The van der Waals surface area contributed by atoms with Crippen LogP contribution in [0.1, 0.15) is 26.7 Å². The molecule has 0 atom stereocenters. The van der Waals surface area contributed by atoms with Gasteiger partial charge in [-0.3, -0.25) is 4.79 Å². The Kier molecular flexibility index (Phi) is 7.86. The number of rotatable bonds is 7. The van der Waals surface area contributed by atoms with E-state index in [0.717, 1.165) is 19.4 Å². The maximum absolute atomic E-state index is 11.0. The van der Waals surface area contributed by atoms with E-state index in [1.54, 1.807) is 0 Å². The molecule has 0 bridgehead atoms. The predicted octanol–water partition coefficient (Wildman–Crippen LogP) is 0.652. The van der Waals surface area contributed by atoms with E-state index in [0.29, 0.717) is 12.5 Å². The minimum atomic E-state index is -0.113. The third kappa shape index (κ3) is 6.44. The van der Waals surface area contributed by atoms with Crippen LogP contribution in [0, 0.1) is 17.2 Å². The van der Waals surface area contributed by atoms with Crippen molar-refractivity contribution in [2.24, 2.45) is 5.92 Å². The summed E-state index contributed by atoms with van der Waals surface area (Å²) in [5, 5.41) is 13.8. The molecular weight excluding hydrogens is 178 g/mol. The van der Waals surface area contributed by atoms with Crippen molar-refractivity contribution < 1.29 is 4.79 Å². The first kappa shape index (κ1) is 12.9. The molecule has 0 radical (unpaired) electrons. The van der Waals surface area contributed by atoms with Crippen molar-refractivity contribution in [2.75, 3.05) is 19.6 Å². The first-order valence-corrected chi connectivity index (χ1v) is 5.08. The molecule has 80 valence electrons. The largest absolute Gasteiger partial charge is 0.342 e. The third-order valence-electron chi connectivity index (χ3n) is 2.24. The van der Waals surface area contributed by atoms with Crippen LogP contribution in [0.25, 0.3) is 0 Å². The molecule has 4 nitrogen and oxygen atoms in total. The van der Waals surface area contributed by atoms with Crippen molar-refractivity contribution in [3.63, 3.8) is 0 Å². The third-order valence-corrected chi connectivity index (χ3v) is 2.24. The van der Waals surface area contributed by atoms with Crippen LogP contribution < -0.4 is 10.6 Å². The summed E-state index contributed by atoms with van der Waals surface area (Å²) in [6.45, 7) is 5.55. The lowest BCUT2D eigenvalue weighted by Crippen LogP contribution is -2.36. The molecule has 1 amide bonds. The van der Waals surface area contributed by atoms with Crippen LogP contribution in [0.4, 0.5) is 0 Å². The highest BCUT2D eigenvalue weighted by Gasteiger charge is 2.04. The SMILES string of the molecule is CCC(CC)CNCC(=O)NCC#N. The van der Waals surface area contributed by atoms with Crippen molar-refractivity contribution in [3.8, 4) is 6.07 Å². The summed E-state index contributed by atoms with van der Waals surface area (Å²) in [7, 11) is 0. The van der Waals surface area contributed by atoms with E-state index in [1.807, 2.05) is 6.07 Å². The van der Waals surface area contributed by atoms with Gasteiger partial charge in [0, 0.05) is 0 Å². The maximum Gasteiger partial charge on any atom is 0.234 e. The second-order valence-electron chi connectivity index (χ2n) is 3.25. The number of hydrogen-bond acceptors (Lipinski definition) is 3. The Bertz CT molecular complexity index is 194. The Morgan fingerprint density at radius 2 is 2.07 bits per heavy atom. The average Bonchev–Trinajstić information content (AvgIpc) is 2.21. The molecule has 4 heteroatoms. The van der Waals surface area contributed by atoms with E-state index in [1.165, 1.54) is 0 Å². The Balaban J connectivity index is 3.44. The lowest BCUT2D eigenvalue weighted by molar-refractivity contribution is -0.120. The van der Waals surface area contributed by atoms with Crippen molar-refractivity contribution in [1.29, 1.82) is 5.26 Å². The monoisotopic (exact) mass is 197 g/mol. The average molecular weight is 197 g/mol. The van der Waals surface area contributed by atoms with Crippen molar-refractivity contribution >= 4 is 5.91 Å². The highest BCUT2D eigenvalue weighted by Crippen LogP contribution is 2.04. The Labute approximate surface area is 85.7 Å². The normalized spacial score (nSPS) is 9.86. The second kappa shape index (κ2) is 8.52. The molecule has 0 unspecified atom stereocenters. The molecule has 0 fully saturated rings. The summed E-state index contributed by atoms with van der Waals surface area (Å²) in [6.07, 6.45) is 2.26. The van der Waals surface area contributed by atoms with Gasteiger partial charge in [0.1, 0.15) is 6.54 Å². The number of nitrogens with one attached hydrogen (secondary N) is 2. The van der Waals surface area contributed by atoms with Crippen LogP contribution in [-0.4, -0.2) is 25.5 Å². The van der Waals surface area contributed by atoms with Gasteiger partial charge < -0.3 is 10.6 Å². The molecule has 2 N–H and O–H groups in total. The summed E-state index contributed by atoms with van der Waals surface area (Å²) >= 11 is 0. The predicted molar refractivity (Wildman–Crippen MR) is 55.6 cm³/mol. The minimum Gasteiger partial charge on any atom is -0.342 e. The zero-order chi connectivity index (χ0) is 10.8. The highest BCUT2D eigenvalue weighted by molar-refractivity contribution is 5.78. The molecule has 0 aromatic rings. The number of hydrogen-bond donors (Lipinski definition) is 2. The maximum atomic E-state index is 11.0. The van der Waals surface area contributed by atoms with E-state index in [2.05, 4.69) is 24.5 Å². The summed E-state index contributed by atoms with van der Waals surface area (Å²) < 4.78 is 0. The van der Waals surface area contributed by atoms with Gasteiger partial charge in [-0.2, -0.15) is 5.26 Å². The quantitative estimate of drug-likeness (QED) is 0.589. The van der Waals surface area contributed by atoms with Gasteiger partial charge in [-0.25, -0.2) is 0 Å². The van der Waals surface area contributed by atoms with Gasteiger partial charge in [0.2, 0.25) is 5.91 Å². The Hall–Kier alpha value is -1.08. The first-order chi connectivity index (χ1) is 6.74.